The fourth-order valence-electron chi connectivity index (χ4n) is 6.36. The van der Waals surface area contributed by atoms with Crippen molar-refractivity contribution in [3.63, 3.8) is 0 Å². The van der Waals surface area contributed by atoms with E-state index >= 15 is 0 Å². The lowest BCUT2D eigenvalue weighted by atomic mass is 9.91. The van der Waals surface area contributed by atoms with Crippen molar-refractivity contribution in [1.82, 2.24) is 15.0 Å². The minimum atomic E-state index is 0.378. The lowest BCUT2D eigenvalue weighted by molar-refractivity contribution is 1.30. The van der Waals surface area contributed by atoms with Crippen molar-refractivity contribution in [3.05, 3.63) is 162 Å². The van der Waals surface area contributed by atoms with E-state index in [0.29, 0.717) is 33.7 Å². The van der Waals surface area contributed by atoms with E-state index in [1.807, 2.05) is 115 Å². The third kappa shape index (κ3) is 4.68. The largest absolute Gasteiger partial charge is 0.247 e. The Labute approximate surface area is 276 Å². The molecule has 48 heavy (non-hydrogen) atoms. The van der Waals surface area contributed by atoms with Crippen molar-refractivity contribution in [2.45, 2.75) is 0 Å². The number of pyridine rings is 1. The highest BCUT2D eigenvalue weighted by Gasteiger charge is 2.23. The number of hydrogen-bond donors (Lipinski definition) is 0. The summed E-state index contributed by atoms with van der Waals surface area (Å²) in [6.07, 6.45) is 0. The van der Waals surface area contributed by atoms with Gasteiger partial charge in [-0.2, -0.15) is 5.26 Å². The summed E-state index contributed by atoms with van der Waals surface area (Å²) in [7, 11) is 0. The second-order valence-corrected chi connectivity index (χ2v) is 11.3. The lowest BCUT2D eigenvalue weighted by Crippen LogP contribution is -1.99. The molecule has 0 saturated heterocycles. The van der Waals surface area contributed by atoms with Crippen LogP contribution in [-0.4, -0.2) is 15.0 Å². The summed E-state index contributed by atoms with van der Waals surface area (Å²) in [5.74, 6) is 0. The average molecular weight is 611 g/mol. The lowest BCUT2D eigenvalue weighted by Gasteiger charge is -2.18. The van der Waals surface area contributed by atoms with Gasteiger partial charge in [0.25, 0.3) is 0 Å². The SMILES string of the molecule is [C-]#[N+]c1cc(C#N)cc(-c2ccccc2-c2nc3ccccc3c3c([N+]#[C-])cc4nc(-c5ccccc5)c(-c5ccccc5)nc4c23)c1. The van der Waals surface area contributed by atoms with Gasteiger partial charge < -0.3 is 0 Å². The van der Waals surface area contributed by atoms with Crippen LogP contribution in [0.4, 0.5) is 11.4 Å². The zero-order valence-corrected chi connectivity index (χ0v) is 25.4. The first kappa shape index (κ1) is 28.3. The molecule has 6 nitrogen and oxygen atoms in total. The first-order valence-corrected chi connectivity index (χ1v) is 15.2. The molecule has 0 unspecified atom stereocenters. The molecule has 0 radical (unpaired) electrons. The number of aromatic nitrogens is 3. The minimum absolute atomic E-state index is 0.378. The molecule has 0 fully saturated rings. The molecule has 8 aromatic rings. The molecular weight excluding hydrogens is 589 g/mol. The maximum Gasteiger partial charge on any atom is 0.197 e. The van der Waals surface area contributed by atoms with Crippen LogP contribution >= 0.6 is 0 Å². The van der Waals surface area contributed by atoms with Gasteiger partial charge in [-0.05, 0) is 46.8 Å². The Morgan fingerprint density at radius 1 is 0.521 bits per heavy atom. The first-order chi connectivity index (χ1) is 23.7. The summed E-state index contributed by atoms with van der Waals surface area (Å²) in [6.45, 7) is 16.0. The van der Waals surface area contributed by atoms with Gasteiger partial charge >= 0.3 is 0 Å². The van der Waals surface area contributed by atoms with Gasteiger partial charge in [-0.25, -0.2) is 24.6 Å². The van der Waals surface area contributed by atoms with E-state index in [2.05, 4.69) is 15.8 Å². The Bertz CT molecular complexity index is 2660. The Hall–Kier alpha value is -7.20. The maximum absolute atomic E-state index is 9.77. The number of benzene rings is 6. The molecule has 6 heteroatoms. The van der Waals surface area contributed by atoms with E-state index in [4.69, 9.17) is 28.1 Å². The second kappa shape index (κ2) is 11.6. The molecule has 0 bridgehead atoms. The van der Waals surface area contributed by atoms with E-state index in [9.17, 15) is 5.26 Å². The van der Waals surface area contributed by atoms with Crippen LogP contribution in [0.25, 0.3) is 87.3 Å². The quantitative estimate of drug-likeness (QED) is 0.147. The van der Waals surface area contributed by atoms with Crippen molar-refractivity contribution in [3.8, 4) is 51.0 Å². The molecule has 0 aliphatic heterocycles. The summed E-state index contributed by atoms with van der Waals surface area (Å²) >= 11 is 0. The van der Waals surface area contributed by atoms with E-state index in [-0.39, 0.29) is 0 Å². The van der Waals surface area contributed by atoms with Gasteiger partial charge in [0.1, 0.15) is 0 Å². The third-order valence-corrected chi connectivity index (χ3v) is 8.47. The number of para-hydroxylation sites is 1. The summed E-state index contributed by atoms with van der Waals surface area (Å²) in [4.78, 5) is 23.5. The summed E-state index contributed by atoms with van der Waals surface area (Å²) in [6, 6.07) is 44.8. The van der Waals surface area contributed by atoms with E-state index in [1.165, 1.54) is 0 Å². The van der Waals surface area contributed by atoms with E-state index in [1.54, 1.807) is 18.2 Å². The van der Waals surface area contributed by atoms with Crippen molar-refractivity contribution in [2.24, 2.45) is 0 Å². The van der Waals surface area contributed by atoms with Crippen LogP contribution in [0.3, 0.4) is 0 Å². The van der Waals surface area contributed by atoms with Crippen LogP contribution in [0.15, 0.2) is 133 Å². The third-order valence-electron chi connectivity index (χ3n) is 8.47. The van der Waals surface area contributed by atoms with Gasteiger partial charge in [0.2, 0.25) is 0 Å². The first-order valence-electron chi connectivity index (χ1n) is 15.2. The number of hydrogen-bond acceptors (Lipinski definition) is 4. The fraction of sp³-hybridized carbons (Fsp3) is 0. The number of rotatable bonds is 4. The van der Waals surface area contributed by atoms with E-state index in [0.717, 1.165) is 60.9 Å². The van der Waals surface area contributed by atoms with Gasteiger partial charge in [0, 0.05) is 33.0 Å². The van der Waals surface area contributed by atoms with Crippen LogP contribution in [0.2, 0.25) is 0 Å². The Kier molecular flexibility index (Phi) is 6.85. The molecule has 0 saturated carbocycles. The summed E-state index contributed by atoms with van der Waals surface area (Å²) in [5.41, 5.74) is 9.45. The highest BCUT2D eigenvalue weighted by molar-refractivity contribution is 6.25. The standard InChI is InChI=1S/C42H22N6/c1-44-30-22-26(25-43)21-29(23-30)31-17-9-10-18-32(31)41-38-37(33-19-11-12-20-34(33)46-41)35(45-2)24-36-42(38)48-40(28-15-7-4-8-16-28)39(47-36)27-13-5-3-6-14-27/h3-24H. The highest BCUT2D eigenvalue weighted by atomic mass is 14.8. The molecule has 0 aliphatic rings. The molecule has 6 aromatic carbocycles. The van der Waals surface area contributed by atoms with Crippen LogP contribution in [0.1, 0.15) is 5.56 Å². The minimum Gasteiger partial charge on any atom is -0.247 e. The Morgan fingerprint density at radius 3 is 1.83 bits per heavy atom. The molecule has 0 spiro atoms. The molecule has 0 atom stereocenters. The Balaban J connectivity index is 1.56. The smallest absolute Gasteiger partial charge is 0.197 e. The molecule has 2 aromatic heterocycles. The zero-order chi connectivity index (χ0) is 32.6. The predicted molar refractivity (Wildman–Crippen MR) is 191 cm³/mol. The summed E-state index contributed by atoms with van der Waals surface area (Å²) in [5, 5.41) is 12.1. The molecule has 0 amide bonds. The van der Waals surface area contributed by atoms with Crippen LogP contribution in [0, 0.1) is 24.5 Å². The molecular formula is C42H22N6. The van der Waals surface area contributed by atoms with Crippen molar-refractivity contribution in [2.75, 3.05) is 0 Å². The maximum atomic E-state index is 9.77. The molecule has 0 aliphatic carbocycles. The van der Waals surface area contributed by atoms with Gasteiger partial charge in [-0.1, -0.05) is 103 Å². The van der Waals surface area contributed by atoms with E-state index < -0.39 is 0 Å². The topological polar surface area (TPSA) is 71.2 Å². The number of nitrogens with zero attached hydrogens (tertiary/aromatic N) is 6. The highest BCUT2D eigenvalue weighted by Crippen LogP contribution is 2.45. The monoisotopic (exact) mass is 610 g/mol. The van der Waals surface area contributed by atoms with Crippen LogP contribution in [0.5, 0.6) is 0 Å². The zero-order valence-electron chi connectivity index (χ0n) is 25.4. The molecule has 220 valence electrons. The van der Waals surface area contributed by atoms with Crippen molar-refractivity contribution >= 4 is 44.1 Å². The molecule has 8 rings (SSSR count). The van der Waals surface area contributed by atoms with Crippen LogP contribution < -0.4 is 0 Å². The number of fused-ring (bicyclic) bond motifs is 5. The van der Waals surface area contributed by atoms with Crippen LogP contribution in [-0.2, 0) is 0 Å². The molecule has 2 heterocycles. The van der Waals surface area contributed by atoms with Crippen molar-refractivity contribution < 1.29 is 0 Å². The fourth-order valence-corrected chi connectivity index (χ4v) is 6.36. The summed E-state index contributed by atoms with van der Waals surface area (Å²) < 4.78 is 0. The second-order valence-electron chi connectivity index (χ2n) is 11.3. The van der Waals surface area contributed by atoms with Crippen molar-refractivity contribution in [1.29, 1.82) is 5.26 Å². The normalized spacial score (nSPS) is 10.9. The van der Waals surface area contributed by atoms with Gasteiger partial charge in [0.05, 0.1) is 52.8 Å². The molecule has 0 N–H and O–H groups in total. The predicted octanol–water partition coefficient (Wildman–Crippen LogP) is 11.0. The van der Waals surface area contributed by atoms with Gasteiger partial charge in [-0.15, -0.1) is 0 Å². The average Bonchev–Trinajstić information content (AvgIpc) is 3.17. The Morgan fingerprint density at radius 2 is 1.15 bits per heavy atom. The number of nitriles is 1. The van der Waals surface area contributed by atoms with Gasteiger partial charge in [0.15, 0.2) is 11.4 Å². The van der Waals surface area contributed by atoms with Gasteiger partial charge in [-0.3, -0.25) is 0 Å².